The van der Waals surface area contributed by atoms with Crippen molar-refractivity contribution >= 4 is 28.0 Å². The van der Waals surface area contributed by atoms with Crippen LogP contribution >= 0.6 is 0 Å². The second kappa shape index (κ2) is 8.28. The molecular weight excluding hydrogens is 473 g/mol. The maximum atomic E-state index is 13.6. The molecule has 33 heavy (non-hydrogen) atoms. The maximum Gasteiger partial charge on any atom is 0.364 e. The third kappa shape index (κ3) is 3.97. The fraction of sp³-hybridized carbons (Fsp3) is 0.550. The number of carbonyl (C=O) groups is 3. The number of hydrogen-bond acceptors (Lipinski definition) is 9. The zero-order valence-electron chi connectivity index (χ0n) is 16.8. The van der Waals surface area contributed by atoms with Crippen LogP contribution in [0.5, 0.6) is 0 Å². The summed E-state index contributed by atoms with van der Waals surface area (Å²) >= 11 is 0. The van der Waals surface area contributed by atoms with E-state index in [2.05, 4.69) is 0 Å². The van der Waals surface area contributed by atoms with Crippen LogP contribution in [0, 0.1) is 23.7 Å². The third-order valence-corrected chi connectivity index (χ3v) is 7.31. The summed E-state index contributed by atoms with van der Waals surface area (Å²) in [7, 11) is -6.24. The van der Waals surface area contributed by atoms with Crippen molar-refractivity contribution in [2.45, 2.75) is 36.5 Å². The van der Waals surface area contributed by atoms with Gasteiger partial charge in [0.25, 0.3) is 0 Å². The largest absolute Gasteiger partial charge is 0.743 e. The standard InChI is InChI=1S/C20H19F3O9S/c21-12(20(22,23)33(27,28)29)6-7-30-18(25)13-10-8-11-14(13)19(26)32-16(11)15(10)31-17(24)9-4-2-1-3-5-9/h1-5,10-16H,6-8H2,(H,27,28,29)/p-1. The quantitative estimate of drug-likeness (QED) is 0.300. The van der Waals surface area contributed by atoms with Crippen LogP contribution in [0.25, 0.3) is 0 Å². The zero-order valence-corrected chi connectivity index (χ0v) is 17.6. The molecule has 2 aliphatic carbocycles. The van der Waals surface area contributed by atoms with Crippen molar-refractivity contribution in [2.75, 3.05) is 6.61 Å². The average molecular weight is 491 g/mol. The van der Waals surface area contributed by atoms with E-state index in [-0.39, 0.29) is 5.56 Å². The number of fused-ring (bicyclic) bond motifs is 1. The van der Waals surface area contributed by atoms with E-state index < -0.39 is 88.4 Å². The van der Waals surface area contributed by atoms with Crippen molar-refractivity contribution in [1.29, 1.82) is 0 Å². The van der Waals surface area contributed by atoms with Crippen molar-refractivity contribution in [2.24, 2.45) is 23.7 Å². The van der Waals surface area contributed by atoms with E-state index in [1.165, 1.54) is 12.1 Å². The Bertz CT molecular complexity index is 1060. The molecule has 0 radical (unpaired) electrons. The SMILES string of the molecule is O=C(OC1C2CC3C1OC(=O)C3C2C(=O)OCCC(F)C(F)(F)S(=O)(=O)[O-])c1ccccc1. The Morgan fingerprint density at radius 3 is 2.52 bits per heavy atom. The van der Waals surface area contributed by atoms with Crippen LogP contribution in [0.3, 0.4) is 0 Å². The van der Waals surface area contributed by atoms with Crippen LogP contribution in [0.2, 0.25) is 0 Å². The molecule has 1 aromatic rings. The Hall–Kier alpha value is -2.67. The first-order chi connectivity index (χ1) is 15.4. The lowest BCUT2D eigenvalue weighted by Gasteiger charge is -2.30. The van der Waals surface area contributed by atoms with E-state index in [1.807, 2.05) is 0 Å². The van der Waals surface area contributed by atoms with Crippen LogP contribution in [-0.2, 0) is 33.9 Å². The van der Waals surface area contributed by atoms with Gasteiger partial charge in [-0.05, 0) is 18.6 Å². The molecule has 1 heterocycles. The van der Waals surface area contributed by atoms with Gasteiger partial charge in [0.05, 0.1) is 24.0 Å². The molecule has 0 aromatic heterocycles. The van der Waals surface area contributed by atoms with Crippen molar-refractivity contribution in [1.82, 2.24) is 0 Å². The van der Waals surface area contributed by atoms with Gasteiger partial charge in [0, 0.05) is 18.3 Å². The summed E-state index contributed by atoms with van der Waals surface area (Å²) in [6.07, 6.45) is -5.95. The van der Waals surface area contributed by atoms with E-state index in [4.69, 9.17) is 14.2 Å². The second-order valence-corrected chi connectivity index (χ2v) is 9.64. The van der Waals surface area contributed by atoms with Crippen molar-refractivity contribution in [3.63, 3.8) is 0 Å². The molecule has 1 saturated heterocycles. The molecule has 13 heteroatoms. The number of rotatable bonds is 8. The van der Waals surface area contributed by atoms with Gasteiger partial charge in [-0.15, -0.1) is 0 Å². The number of hydrogen-bond donors (Lipinski definition) is 0. The summed E-state index contributed by atoms with van der Waals surface area (Å²) in [5, 5.41) is -5.18. The Kier molecular flexibility index (Phi) is 5.89. The predicted molar refractivity (Wildman–Crippen MR) is 99.2 cm³/mol. The van der Waals surface area contributed by atoms with Crippen LogP contribution in [-0.4, -0.2) is 61.1 Å². The minimum absolute atomic E-state index is 0.253. The molecule has 9 nitrogen and oxygen atoms in total. The highest BCUT2D eigenvalue weighted by Crippen LogP contribution is 2.59. The van der Waals surface area contributed by atoms with Gasteiger partial charge in [-0.2, -0.15) is 8.78 Å². The van der Waals surface area contributed by atoms with E-state index in [0.29, 0.717) is 6.42 Å². The van der Waals surface area contributed by atoms with Gasteiger partial charge in [0.15, 0.2) is 16.3 Å². The number of esters is 3. The number of ether oxygens (including phenoxy) is 3. The number of halogens is 3. The van der Waals surface area contributed by atoms with E-state index >= 15 is 0 Å². The summed E-state index contributed by atoms with van der Waals surface area (Å²) in [6.45, 7) is -0.946. The topological polar surface area (TPSA) is 136 Å². The molecule has 1 aromatic carbocycles. The molecule has 7 unspecified atom stereocenters. The van der Waals surface area contributed by atoms with Crippen LogP contribution < -0.4 is 0 Å². The molecule has 3 fully saturated rings. The molecule has 0 spiro atoms. The van der Waals surface area contributed by atoms with Crippen molar-refractivity contribution < 1.29 is 54.7 Å². The minimum Gasteiger partial charge on any atom is -0.743 e. The normalized spacial score (nSPS) is 31.2. The highest BCUT2D eigenvalue weighted by Gasteiger charge is 2.70. The molecule has 4 rings (SSSR count). The number of alkyl halides is 3. The van der Waals surface area contributed by atoms with Crippen LogP contribution in [0.4, 0.5) is 13.2 Å². The summed E-state index contributed by atoms with van der Waals surface area (Å²) in [5.41, 5.74) is 0.253. The molecule has 2 saturated carbocycles. The second-order valence-electron chi connectivity index (χ2n) is 8.19. The molecule has 7 atom stereocenters. The van der Waals surface area contributed by atoms with Crippen molar-refractivity contribution in [3.8, 4) is 0 Å². The van der Waals surface area contributed by atoms with Gasteiger partial charge < -0.3 is 18.8 Å². The van der Waals surface area contributed by atoms with E-state index in [9.17, 15) is 40.5 Å². The zero-order chi connectivity index (χ0) is 24.1. The molecule has 3 aliphatic rings. The Morgan fingerprint density at radius 2 is 1.88 bits per heavy atom. The summed E-state index contributed by atoms with van der Waals surface area (Å²) < 4.78 is 87.2. The highest BCUT2D eigenvalue weighted by molar-refractivity contribution is 7.86. The lowest BCUT2D eigenvalue weighted by molar-refractivity contribution is -0.157. The predicted octanol–water partition coefficient (Wildman–Crippen LogP) is 1.43. The van der Waals surface area contributed by atoms with Crippen LogP contribution in [0.15, 0.2) is 30.3 Å². The first-order valence-electron chi connectivity index (χ1n) is 10.0. The maximum absolute atomic E-state index is 13.6. The van der Waals surface area contributed by atoms with Gasteiger partial charge in [-0.25, -0.2) is 17.6 Å². The Balaban J connectivity index is 1.42. The molecular formula is C20H18F3O9S-. The lowest BCUT2D eigenvalue weighted by Crippen LogP contribution is -2.44. The molecule has 180 valence electrons. The van der Waals surface area contributed by atoms with E-state index in [1.54, 1.807) is 18.2 Å². The lowest BCUT2D eigenvalue weighted by atomic mass is 9.78. The summed E-state index contributed by atoms with van der Waals surface area (Å²) in [4.78, 5) is 37.4. The molecule has 1 aliphatic heterocycles. The Morgan fingerprint density at radius 1 is 1.21 bits per heavy atom. The van der Waals surface area contributed by atoms with Gasteiger partial charge in [0.1, 0.15) is 12.2 Å². The molecule has 2 bridgehead atoms. The summed E-state index contributed by atoms with van der Waals surface area (Å²) in [6, 6.07) is 8.01. The van der Waals surface area contributed by atoms with Crippen LogP contribution in [0.1, 0.15) is 23.2 Å². The first kappa shape index (κ1) is 23.5. The first-order valence-corrected chi connectivity index (χ1v) is 11.4. The van der Waals surface area contributed by atoms with Gasteiger partial charge in [-0.3, -0.25) is 9.59 Å². The number of carbonyl (C=O) groups excluding carboxylic acids is 3. The molecule has 0 N–H and O–H groups in total. The van der Waals surface area contributed by atoms with Gasteiger partial charge >= 0.3 is 23.2 Å². The number of benzene rings is 1. The average Bonchev–Trinajstić information content (AvgIpc) is 3.37. The van der Waals surface area contributed by atoms with Crippen molar-refractivity contribution in [3.05, 3.63) is 35.9 Å². The fourth-order valence-electron chi connectivity index (χ4n) is 4.92. The molecule has 0 amide bonds. The summed E-state index contributed by atoms with van der Waals surface area (Å²) in [5.74, 6) is -5.38. The van der Waals surface area contributed by atoms with E-state index in [0.717, 1.165) is 0 Å². The monoisotopic (exact) mass is 491 g/mol. The smallest absolute Gasteiger partial charge is 0.364 e. The van der Waals surface area contributed by atoms with Gasteiger partial charge in [0.2, 0.25) is 0 Å². The third-order valence-electron chi connectivity index (χ3n) is 6.38. The highest BCUT2D eigenvalue weighted by atomic mass is 32.2. The minimum atomic E-state index is -6.24. The fourth-order valence-corrected chi connectivity index (χ4v) is 5.35. The van der Waals surface area contributed by atoms with Gasteiger partial charge in [-0.1, -0.05) is 18.2 Å². The Labute approximate surface area is 185 Å².